The summed E-state index contributed by atoms with van der Waals surface area (Å²) < 4.78 is 19.0. The number of nitrogens with zero attached hydrogens (tertiary/aromatic N) is 3. The van der Waals surface area contributed by atoms with Crippen LogP contribution < -0.4 is 14.5 Å². The second-order valence-corrected chi connectivity index (χ2v) is 5.44. The van der Waals surface area contributed by atoms with Crippen molar-refractivity contribution in [3.8, 4) is 0 Å². The molecule has 0 aliphatic heterocycles. The van der Waals surface area contributed by atoms with Crippen LogP contribution in [-0.2, 0) is 11.3 Å². The van der Waals surface area contributed by atoms with Crippen molar-refractivity contribution in [3.63, 3.8) is 0 Å². The molecule has 0 saturated carbocycles. The molecule has 2 rings (SSSR count). The molecule has 0 fully saturated rings. The Hall–Kier alpha value is -2.83. The molecule has 0 saturated heterocycles. The van der Waals surface area contributed by atoms with E-state index in [1.807, 2.05) is 24.8 Å². The van der Waals surface area contributed by atoms with Gasteiger partial charge in [-0.2, -0.15) is 0 Å². The molecule has 7 heteroatoms. The number of amides is 1. The third kappa shape index (κ3) is 4.37. The van der Waals surface area contributed by atoms with Gasteiger partial charge in [0, 0.05) is 17.3 Å². The van der Waals surface area contributed by atoms with E-state index in [1.54, 1.807) is 12.3 Å². The lowest BCUT2D eigenvalue weighted by atomic mass is 10.2. The number of benzene rings is 1. The number of hydrogen-bond acceptors (Lipinski definition) is 4. The van der Waals surface area contributed by atoms with Crippen molar-refractivity contribution in [1.29, 1.82) is 0 Å². The molecule has 1 aromatic heterocycles. The highest BCUT2D eigenvalue weighted by Gasteiger charge is 2.20. The fourth-order valence-corrected chi connectivity index (χ4v) is 2.59. The van der Waals surface area contributed by atoms with Crippen molar-refractivity contribution in [3.05, 3.63) is 54.0 Å². The zero-order valence-corrected chi connectivity index (χ0v) is 14.6. The number of carbonyl (C=O) groups excluding carboxylic acids is 1. The fourth-order valence-electron chi connectivity index (χ4n) is 2.59. The van der Waals surface area contributed by atoms with Crippen molar-refractivity contribution < 1.29 is 23.9 Å². The lowest BCUT2D eigenvalue weighted by Crippen LogP contribution is -2.41. The summed E-state index contributed by atoms with van der Waals surface area (Å²) in [5.41, 5.74) is 1.21. The maximum atomic E-state index is 13.1. The Kier molecular flexibility index (Phi) is 6.16. The van der Waals surface area contributed by atoms with Crippen LogP contribution in [0.3, 0.4) is 0 Å². The molecular formula is C18H23FN3O3+. The zero-order valence-electron chi connectivity index (χ0n) is 14.6. The molecule has 1 N–H and O–H groups in total. The SMILES string of the molecule is CCN(CC)c1ccc(CN(C(=O)OC)c2ccc(F)cc2)c[n+]1O. The van der Waals surface area contributed by atoms with E-state index in [9.17, 15) is 14.4 Å². The maximum Gasteiger partial charge on any atom is 0.414 e. The lowest BCUT2D eigenvalue weighted by Gasteiger charge is -2.21. The Labute approximate surface area is 146 Å². The number of halogens is 1. The molecule has 134 valence electrons. The third-order valence-corrected chi connectivity index (χ3v) is 3.93. The number of anilines is 2. The summed E-state index contributed by atoms with van der Waals surface area (Å²) in [5, 5.41) is 10.2. The van der Waals surface area contributed by atoms with E-state index in [1.165, 1.54) is 36.3 Å². The molecule has 0 spiro atoms. The van der Waals surface area contributed by atoms with Crippen molar-refractivity contribution >= 4 is 17.6 Å². The van der Waals surface area contributed by atoms with Gasteiger partial charge in [0.1, 0.15) is 12.0 Å². The average molecular weight is 348 g/mol. The maximum absolute atomic E-state index is 13.1. The van der Waals surface area contributed by atoms with E-state index < -0.39 is 6.09 Å². The lowest BCUT2D eigenvalue weighted by molar-refractivity contribution is -0.894. The summed E-state index contributed by atoms with van der Waals surface area (Å²) in [4.78, 5) is 15.5. The van der Waals surface area contributed by atoms with Gasteiger partial charge < -0.3 is 9.94 Å². The predicted octanol–water partition coefficient (Wildman–Crippen LogP) is 2.97. The minimum Gasteiger partial charge on any atom is -0.452 e. The van der Waals surface area contributed by atoms with Gasteiger partial charge >= 0.3 is 11.9 Å². The van der Waals surface area contributed by atoms with Gasteiger partial charge in [0.25, 0.3) is 0 Å². The summed E-state index contributed by atoms with van der Waals surface area (Å²) in [6, 6.07) is 9.19. The topological polar surface area (TPSA) is 56.9 Å². The normalized spacial score (nSPS) is 10.4. The molecule has 0 bridgehead atoms. The van der Waals surface area contributed by atoms with Crippen LogP contribution in [-0.4, -0.2) is 31.5 Å². The minimum atomic E-state index is -0.566. The van der Waals surface area contributed by atoms with Gasteiger partial charge in [-0.05, 0) is 44.2 Å². The highest BCUT2D eigenvalue weighted by Crippen LogP contribution is 2.19. The summed E-state index contributed by atoms with van der Waals surface area (Å²) in [6.45, 7) is 5.72. The Morgan fingerprint density at radius 3 is 2.32 bits per heavy atom. The van der Waals surface area contributed by atoms with Crippen LogP contribution >= 0.6 is 0 Å². The number of pyridine rings is 1. The Morgan fingerprint density at radius 2 is 1.80 bits per heavy atom. The Balaban J connectivity index is 2.28. The van der Waals surface area contributed by atoms with Crippen molar-refractivity contribution in [2.75, 3.05) is 30.0 Å². The van der Waals surface area contributed by atoms with Gasteiger partial charge in [0.05, 0.1) is 26.7 Å². The van der Waals surface area contributed by atoms with Gasteiger partial charge in [-0.25, -0.2) is 9.18 Å². The number of aromatic nitrogens is 1. The molecule has 25 heavy (non-hydrogen) atoms. The van der Waals surface area contributed by atoms with E-state index in [0.29, 0.717) is 17.1 Å². The third-order valence-electron chi connectivity index (χ3n) is 3.93. The molecule has 0 aliphatic rings. The van der Waals surface area contributed by atoms with E-state index in [4.69, 9.17) is 4.74 Å². The van der Waals surface area contributed by atoms with Crippen LogP contribution in [0.2, 0.25) is 0 Å². The molecule has 0 atom stereocenters. The molecule has 1 amide bonds. The fraction of sp³-hybridized carbons (Fsp3) is 0.333. The van der Waals surface area contributed by atoms with Gasteiger partial charge in [-0.3, -0.25) is 9.80 Å². The first kappa shape index (κ1) is 18.5. The number of ether oxygens (including phenoxy) is 1. The first-order valence-electron chi connectivity index (χ1n) is 8.10. The van der Waals surface area contributed by atoms with Crippen LogP contribution in [0, 0.1) is 5.82 Å². The summed E-state index contributed by atoms with van der Waals surface area (Å²) in [5.74, 6) is 0.283. The average Bonchev–Trinajstić information content (AvgIpc) is 2.62. The van der Waals surface area contributed by atoms with Crippen LogP contribution in [0.25, 0.3) is 0 Å². The van der Waals surface area contributed by atoms with E-state index in [-0.39, 0.29) is 12.4 Å². The number of rotatable bonds is 6. The van der Waals surface area contributed by atoms with Gasteiger partial charge in [-0.15, -0.1) is 0 Å². The van der Waals surface area contributed by atoms with Crippen LogP contribution in [0.5, 0.6) is 0 Å². The predicted molar refractivity (Wildman–Crippen MR) is 92.4 cm³/mol. The van der Waals surface area contributed by atoms with Crippen LogP contribution in [0.15, 0.2) is 42.6 Å². The van der Waals surface area contributed by atoms with Crippen molar-refractivity contribution in [2.45, 2.75) is 20.4 Å². The van der Waals surface area contributed by atoms with Crippen molar-refractivity contribution in [2.24, 2.45) is 0 Å². The standard InChI is InChI=1S/C18H23FN3O3/c1-4-20(5-2)17-11-6-14(13-22(17)24)12-21(18(23)25-3)16-9-7-15(19)8-10-16/h6-11,13,24H,4-5,12H2,1-3H3/q+1. The molecule has 1 heterocycles. The molecule has 1 aromatic carbocycles. The van der Waals surface area contributed by atoms with Crippen molar-refractivity contribution in [1.82, 2.24) is 0 Å². The Bertz CT molecular complexity index is 718. The highest BCUT2D eigenvalue weighted by atomic mass is 19.1. The molecule has 0 aliphatic carbocycles. The number of carbonyl (C=O) groups is 1. The largest absolute Gasteiger partial charge is 0.452 e. The first-order chi connectivity index (χ1) is 12.0. The van der Waals surface area contributed by atoms with Crippen LogP contribution in [0.1, 0.15) is 19.4 Å². The van der Waals surface area contributed by atoms with Gasteiger partial charge in [0.15, 0.2) is 0 Å². The number of hydrogen-bond donors (Lipinski definition) is 1. The second-order valence-electron chi connectivity index (χ2n) is 5.44. The monoisotopic (exact) mass is 348 g/mol. The second kappa shape index (κ2) is 8.32. The zero-order chi connectivity index (χ0) is 18.4. The first-order valence-corrected chi connectivity index (χ1v) is 8.10. The van der Waals surface area contributed by atoms with E-state index in [0.717, 1.165) is 17.8 Å². The highest BCUT2D eigenvalue weighted by molar-refractivity contribution is 5.87. The summed E-state index contributed by atoms with van der Waals surface area (Å²) >= 11 is 0. The molecule has 6 nitrogen and oxygen atoms in total. The summed E-state index contributed by atoms with van der Waals surface area (Å²) in [7, 11) is 1.29. The Morgan fingerprint density at radius 1 is 1.16 bits per heavy atom. The smallest absolute Gasteiger partial charge is 0.414 e. The molecule has 0 radical (unpaired) electrons. The minimum absolute atomic E-state index is 0.178. The van der Waals surface area contributed by atoms with Crippen LogP contribution in [0.4, 0.5) is 20.7 Å². The van der Waals surface area contributed by atoms with E-state index >= 15 is 0 Å². The molecule has 0 unspecified atom stereocenters. The molecule has 2 aromatic rings. The quantitative estimate of drug-likeness (QED) is 0.644. The van der Waals surface area contributed by atoms with Gasteiger partial charge in [-0.1, -0.05) is 4.73 Å². The molecular weight excluding hydrogens is 325 g/mol. The number of methoxy groups -OCH3 is 1. The van der Waals surface area contributed by atoms with Gasteiger partial charge in [0.2, 0.25) is 0 Å². The summed E-state index contributed by atoms with van der Waals surface area (Å²) in [6.07, 6.45) is 0.983. The van der Waals surface area contributed by atoms with E-state index in [2.05, 4.69) is 0 Å².